The van der Waals surface area contributed by atoms with Crippen molar-refractivity contribution in [3.63, 3.8) is 0 Å². The topological polar surface area (TPSA) is 69.6 Å². The molecule has 0 amide bonds. The van der Waals surface area contributed by atoms with Crippen LogP contribution in [0.4, 0.5) is 0 Å². The number of aliphatic hydroxyl groups is 1. The summed E-state index contributed by atoms with van der Waals surface area (Å²) in [5.41, 5.74) is 0. The van der Waals surface area contributed by atoms with Crippen molar-refractivity contribution in [1.82, 2.24) is 9.62 Å². The zero-order valence-electron chi connectivity index (χ0n) is 12.0. The summed E-state index contributed by atoms with van der Waals surface area (Å²) < 4.78 is 25.9. The van der Waals surface area contributed by atoms with Crippen molar-refractivity contribution in [2.75, 3.05) is 25.4 Å². The average molecular weight is 280 g/mol. The zero-order chi connectivity index (χ0) is 14.2. The summed E-state index contributed by atoms with van der Waals surface area (Å²) in [6, 6.07) is 0.265. The molecule has 18 heavy (non-hydrogen) atoms. The molecule has 0 aromatic carbocycles. The van der Waals surface area contributed by atoms with E-state index in [0.717, 1.165) is 12.8 Å². The van der Waals surface area contributed by atoms with E-state index in [-0.39, 0.29) is 31.0 Å². The van der Waals surface area contributed by atoms with Gasteiger partial charge < -0.3 is 10.4 Å². The minimum absolute atomic E-state index is 0.0128. The average Bonchev–Trinajstić information content (AvgIpc) is 2.28. The standard InChI is InChI=1S/C12H28N2O3S/c1-5-12(6-2)14(8-9-15)18(16,17)10-7-13-11(3)4/h11-13,15H,5-10H2,1-4H3. The molecule has 6 heteroatoms. The summed E-state index contributed by atoms with van der Waals surface area (Å²) in [4.78, 5) is 0. The van der Waals surface area contributed by atoms with Crippen molar-refractivity contribution in [3.8, 4) is 0 Å². The Morgan fingerprint density at radius 2 is 1.78 bits per heavy atom. The summed E-state index contributed by atoms with van der Waals surface area (Å²) >= 11 is 0. The maximum atomic E-state index is 12.2. The van der Waals surface area contributed by atoms with Crippen molar-refractivity contribution in [1.29, 1.82) is 0 Å². The van der Waals surface area contributed by atoms with Crippen LogP contribution in [-0.4, -0.2) is 55.4 Å². The third-order valence-corrected chi connectivity index (χ3v) is 4.86. The molecule has 0 rings (SSSR count). The number of sulfonamides is 1. The smallest absolute Gasteiger partial charge is 0.215 e. The number of aliphatic hydroxyl groups excluding tert-OH is 1. The van der Waals surface area contributed by atoms with Crippen LogP contribution in [0.2, 0.25) is 0 Å². The van der Waals surface area contributed by atoms with Gasteiger partial charge in [0, 0.05) is 25.2 Å². The Morgan fingerprint density at radius 1 is 1.22 bits per heavy atom. The Hall–Kier alpha value is -0.170. The largest absolute Gasteiger partial charge is 0.395 e. The van der Waals surface area contributed by atoms with E-state index in [1.54, 1.807) is 0 Å². The van der Waals surface area contributed by atoms with Crippen molar-refractivity contribution >= 4 is 10.0 Å². The van der Waals surface area contributed by atoms with E-state index in [0.29, 0.717) is 6.54 Å². The Balaban J connectivity index is 4.65. The molecule has 0 aromatic rings. The van der Waals surface area contributed by atoms with Gasteiger partial charge in [-0.1, -0.05) is 27.7 Å². The lowest BCUT2D eigenvalue weighted by atomic mass is 10.2. The molecular formula is C12H28N2O3S. The molecule has 0 radical (unpaired) electrons. The molecule has 0 atom stereocenters. The van der Waals surface area contributed by atoms with Gasteiger partial charge in [0.1, 0.15) is 0 Å². The van der Waals surface area contributed by atoms with Crippen molar-refractivity contribution in [2.24, 2.45) is 0 Å². The van der Waals surface area contributed by atoms with Gasteiger partial charge in [-0.3, -0.25) is 0 Å². The highest BCUT2D eigenvalue weighted by molar-refractivity contribution is 7.89. The number of hydrogen-bond acceptors (Lipinski definition) is 4. The third kappa shape index (κ3) is 6.13. The fourth-order valence-electron chi connectivity index (χ4n) is 1.94. The Labute approximate surface area is 112 Å². The predicted molar refractivity (Wildman–Crippen MR) is 75.1 cm³/mol. The van der Waals surface area contributed by atoms with Gasteiger partial charge in [-0.2, -0.15) is 4.31 Å². The van der Waals surface area contributed by atoms with Crippen molar-refractivity contribution in [3.05, 3.63) is 0 Å². The monoisotopic (exact) mass is 280 g/mol. The van der Waals surface area contributed by atoms with Gasteiger partial charge >= 0.3 is 0 Å². The van der Waals surface area contributed by atoms with Crippen LogP contribution in [0.5, 0.6) is 0 Å². The molecule has 0 aliphatic rings. The molecule has 0 fully saturated rings. The number of hydrogen-bond donors (Lipinski definition) is 2. The van der Waals surface area contributed by atoms with E-state index in [2.05, 4.69) is 5.32 Å². The third-order valence-electron chi connectivity index (χ3n) is 2.94. The fourth-order valence-corrected chi connectivity index (χ4v) is 3.66. The van der Waals surface area contributed by atoms with Crippen LogP contribution in [0.1, 0.15) is 40.5 Å². The Bertz CT molecular complexity index is 300. The first kappa shape index (κ1) is 17.8. The second kappa shape index (κ2) is 8.85. The van der Waals surface area contributed by atoms with Gasteiger partial charge in [-0.15, -0.1) is 0 Å². The molecule has 0 aromatic heterocycles. The maximum Gasteiger partial charge on any atom is 0.215 e. The minimum Gasteiger partial charge on any atom is -0.395 e. The number of nitrogens with one attached hydrogen (secondary N) is 1. The quantitative estimate of drug-likeness (QED) is 0.621. The van der Waals surface area contributed by atoms with Gasteiger partial charge in [0.25, 0.3) is 0 Å². The van der Waals surface area contributed by atoms with Gasteiger partial charge in [0.2, 0.25) is 10.0 Å². The summed E-state index contributed by atoms with van der Waals surface area (Å²) in [6.07, 6.45) is 1.54. The molecule has 0 spiro atoms. The molecule has 110 valence electrons. The lowest BCUT2D eigenvalue weighted by Crippen LogP contribution is -2.44. The fraction of sp³-hybridized carbons (Fsp3) is 1.00. The first-order chi connectivity index (χ1) is 8.38. The molecule has 2 N–H and O–H groups in total. The van der Waals surface area contributed by atoms with E-state index in [4.69, 9.17) is 5.11 Å². The lowest BCUT2D eigenvalue weighted by Gasteiger charge is -2.29. The molecule has 5 nitrogen and oxygen atoms in total. The van der Waals surface area contributed by atoms with Crippen LogP contribution in [0, 0.1) is 0 Å². The first-order valence-electron chi connectivity index (χ1n) is 6.72. The second-order valence-electron chi connectivity index (χ2n) is 4.73. The van der Waals surface area contributed by atoms with E-state index in [1.165, 1.54) is 4.31 Å². The Morgan fingerprint density at radius 3 is 2.17 bits per heavy atom. The first-order valence-corrected chi connectivity index (χ1v) is 8.33. The Kier molecular flexibility index (Phi) is 8.77. The maximum absolute atomic E-state index is 12.2. The summed E-state index contributed by atoms with van der Waals surface area (Å²) in [6.45, 7) is 8.42. The molecule has 0 aliphatic heterocycles. The molecular weight excluding hydrogens is 252 g/mol. The van der Waals surface area contributed by atoms with E-state index in [1.807, 2.05) is 27.7 Å². The molecule has 0 bridgehead atoms. The van der Waals surface area contributed by atoms with Gasteiger partial charge in [0.05, 0.1) is 12.4 Å². The highest BCUT2D eigenvalue weighted by atomic mass is 32.2. The minimum atomic E-state index is -3.29. The highest BCUT2D eigenvalue weighted by Gasteiger charge is 2.26. The van der Waals surface area contributed by atoms with E-state index < -0.39 is 10.0 Å². The van der Waals surface area contributed by atoms with Crippen LogP contribution < -0.4 is 5.32 Å². The van der Waals surface area contributed by atoms with Crippen LogP contribution in [-0.2, 0) is 10.0 Å². The van der Waals surface area contributed by atoms with Gasteiger partial charge in [-0.05, 0) is 12.8 Å². The lowest BCUT2D eigenvalue weighted by molar-refractivity contribution is 0.219. The van der Waals surface area contributed by atoms with Crippen molar-refractivity contribution < 1.29 is 13.5 Å². The predicted octanol–water partition coefficient (Wildman–Crippen LogP) is 0.797. The molecule has 0 saturated carbocycles. The molecule has 0 heterocycles. The summed E-state index contributed by atoms with van der Waals surface area (Å²) in [5.74, 6) is 0.0850. The summed E-state index contributed by atoms with van der Waals surface area (Å²) in [7, 11) is -3.29. The normalized spacial score (nSPS) is 12.9. The van der Waals surface area contributed by atoms with E-state index in [9.17, 15) is 8.42 Å². The number of rotatable bonds is 10. The van der Waals surface area contributed by atoms with Crippen molar-refractivity contribution in [2.45, 2.75) is 52.6 Å². The van der Waals surface area contributed by atoms with Crippen LogP contribution in [0.15, 0.2) is 0 Å². The van der Waals surface area contributed by atoms with Crippen LogP contribution >= 0.6 is 0 Å². The molecule has 0 unspecified atom stereocenters. The molecule has 0 aliphatic carbocycles. The van der Waals surface area contributed by atoms with Gasteiger partial charge in [-0.25, -0.2) is 8.42 Å². The zero-order valence-corrected chi connectivity index (χ0v) is 12.8. The van der Waals surface area contributed by atoms with E-state index >= 15 is 0 Å². The summed E-state index contributed by atoms with van der Waals surface area (Å²) in [5, 5.41) is 12.1. The highest BCUT2D eigenvalue weighted by Crippen LogP contribution is 2.13. The van der Waals surface area contributed by atoms with Gasteiger partial charge in [0.15, 0.2) is 0 Å². The molecule has 0 saturated heterocycles. The second-order valence-corrected chi connectivity index (χ2v) is 6.77. The SMILES string of the molecule is CCC(CC)N(CCO)S(=O)(=O)CCNC(C)C. The van der Waals surface area contributed by atoms with Crippen LogP contribution in [0.3, 0.4) is 0 Å². The van der Waals surface area contributed by atoms with Crippen LogP contribution in [0.25, 0.3) is 0 Å². The number of nitrogens with zero attached hydrogens (tertiary/aromatic N) is 1.